The molecule has 0 saturated carbocycles. The number of carbonyl (C=O) groups excluding carboxylic acids is 1. The van der Waals surface area contributed by atoms with E-state index in [1.807, 2.05) is 59.7 Å². The molecule has 2 aromatic rings. The van der Waals surface area contributed by atoms with Gasteiger partial charge in [-0.05, 0) is 47.1 Å². The van der Waals surface area contributed by atoms with Crippen LogP contribution in [-0.4, -0.2) is 27.6 Å². The van der Waals surface area contributed by atoms with Crippen molar-refractivity contribution < 1.29 is 9.90 Å². The van der Waals surface area contributed by atoms with Gasteiger partial charge in [-0.25, -0.2) is 4.99 Å². The summed E-state index contributed by atoms with van der Waals surface area (Å²) in [6, 6.07) is 14.9. The van der Waals surface area contributed by atoms with Crippen molar-refractivity contribution in [1.82, 2.24) is 4.90 Å². The minimum atomic E-state index is -0.419. The number of amides is 1. The lowest BCUT2D eigenvalue weighted by Crippen LogP contribution is -2.25. The molecule has 2 aliphatic rings. The number of hydrogen-bond donors (Lipinski definition) is 1. The molecule has 132 valence electrons. The molecule has 1 amide bonds. The highest BCUT2D eigenvalue weighted by atomic mass is 16.3. The number of allylic oxidation sites excluding steroid dienone is 2. The molecule has 4 rings (SSSR count). The summed E-state index contributed by atoms with van der Waals surface area (Å²) >= 11 is 0. The van der Waals surface area contributed by atoms with Crippen LogP contribution >= 0.6 is 0 Å². The molecule has 0 aliphatic carbocycles. The lowest BCUT2D eigenvalue weighted by molar-refractivity contribution is -0.113. The first-order valence-electron chi connectivity index (χ1n) is 8.52. The van der Waals surface area contributed by atoms with E-state index < -0.39 is 5.91 Å². The van der Waals surface area contributed by atoms with Gasteiger partial charge in [0.1, 0.15) is 11.6 Å². The van der Waals surface area contributed by atoms with Crippen molar-refractivity contribution in [2.24, 2.45) is 9.98 Å². The highest BCUT2D eigenvalue weighted by Crippen LogP contribution is 2.26. The Morgan fingerprint density at radius 1 is 1.15 bits per heavy atom. The number of aromatic hydroxyl groups is 1. The van der Waals surface area contributed by atoms with E-state index in [1.54, 1.807) is 12.1 Å². The third-order valence-electron chi connectivity index (χ3n) is 4.41. The van der Waals surface area contributed by atoms with Crippen LogP contribution in [0.25, 0.3) is 5.57 Å². The van der Waals surface area contributed by atoms with Gasteiger partial charge < -0.3 is 10.0 Å². The van der Waals surface area contributed by atoms with Crippen molar-refractivity contribution in [3.63, 3.8) is 0 Å². The summed E-state index contributed by atoms with van der Waals surface area (Å²) in [6.45, 7) is 4.09. The second-order valence-corrected chi connectivity index (χ2v) is 6.20. The Morgan fingerprint density at radius 2 is 1.93 bits per heavy atom. The number of carbonyl (C=O) groups is 1. The van der Waals surface area contributed by atoms with E-state index in [2.05, 4.69) is 16.6 Å². The maximum Gasteiger partial charge on any atom is 0.271 e. The van der Waals surface area contributed by atoms with Crippen molar-refractivity contribution in [3.8, 4) is 5.75 Å². The van der Waals surface area contributed by atoms with Crippen LogP contribution in [0.1, 0.15) is 16.7 Å². The van der Waals surface area contributed by atoms with Crippen molar-refractivity contribution in [2.45, 2.75) is 6.54 Å². The van der Waals surface area contributed by atoms with E-state index in [-0.39, 0.29) is 5.75 Å². The zero-order valence-corrected chi connectivity index (χ0v) is 14.5. The molecule has 0 bridgehead atoms. The summed E-state index contributed by atoms with van der Waals surface area (Å²) < 4.78 is 0. The Balaban J connectivity index is 1.78. The van der Waals surface area contributed by atoms with Crippen LogP contribution in [0.2, 0.25) is 0 Å². The Labute approximate surface area is 157 Å². The molecule has 0 fully saturated rings. The van der Waals surface area contributed by atoms with Crippen molar-refractivity contribution in [2.75, 3.05) is 0 Å². The zero-order valence-electron chi connectivity index (χ0n) is 14.5. The number of aliphatic imine (C=N–C) groups is 2. The predicted molar refractivity (Wildman–Crippen MR) is 106 cm³/mol. The fraction of sp³-hybridized carbons (Fsp3) is 0.0455. The number of benzene rings is 2. The largest absolute Gasteiger partial charge is 0.508 e. The molecule has 2 heterocycles. The average molecular weight is 355 g/mol. The van der Waals surface area contributed by atoms with Gasteiger partial charge in [-0.3, -0.25) is 4.79 Å². The first-order valence-corrected chi connectivity index (χ1v) is 8.52. The standard InChI is InChI=1S/C22H17N3O2/c1-2-21(27)24-22-19-6-4-3-5-17(19)14-25-13-16(9-12-20(25)23-22)15-7-10-18(26)11-8-15/h2-13,26H,1,14H2. The summed E-state index contributed by atoms with van der Waals surface area (Å²) in [5.41, 5.74) is 3.87. The van der Waals surface area contributed by atoms with Crippen LogP contribution < -0.4 is 0 Å². The molecular formula is C22H17N3O2. The fourth-order valence-corrected chi connectivity index (χ4v) is 3.05. The van der Waals surface area contributed by atoms with Crippen molar-refractivity contribution >= 4 is 23.2 Å². The summed E-state index contributed by atoms with van der Waals surface area (Å²) in [6.07, 6.45) is 7.06. The molecule has 0 atom stereocenters. The molecule has 2 aliphatic heterocycles. The van der Waals surface area contributed by atoms with Gasteiger partial charge in [-0.2, -0.15) is 4.99 Å². The van der Waals surface area contributed by atoms with E-state index in [0.29, 0.717) is 18.2 Å². The van der Waals surface area contributed by atoms with E-state index in [1.165, 1.54) is 6.08 Å². The number of phenolic OH excluding ortho intramolecular Hbond substituents is 1. The average Bonchev–Trinajstić information content (AvgIpc) is 2.84. The van der Waals surface area contributed by atoms with Gasteiger partial charge in [0.25, 0.3) is 5.91 Å². The molecule has 0 unspecified atom stereocenters. The highest BCUT2D eigenvalue weighted by molar-refractivity contribution is 6.16. The SMILES string of the molecule is C=CC(=O)N=C1N=C2C=CC(c3ccc(O)cc3)=CN2Cc2ccccc21. The van der Waals surface area contributed by atoms with Gasteiger partial charge in [-0.15, -0.1) is 0 Å². The molecule has 2 aromatic carbocycles. The van der Waals surface area contributed by atoms with Gasteiger partial charge >= 0.3 is 0 Å². The van der Waals surface area contributed by atoms with E-state index in [0.717, 1.165) is 22.3 Å². The summed E-state index contributed by atoms with van der Waals surface area (Å²) in [5, 5.41) is 9.50. The molecule has 1 N–H and O–H groups in total. The zero-order chi connectivity index (χ0) is 18.8. The molecule has 0 aromatic heterocycles. The number of hydrogen-bond acceptors (Lipinski definition) is 3. The van der Waals surface area contributed by atoms with Gasteiger partial charge in [0, 0.05) is 18.3 Å². The third kappa shape index (κ3) is 3.35. The van der Waals surface area contributed by atoms with Gasteiger partial charge in [0.15, 0.2) is 5.84 Å². The Kier molecular flexibility index (Phi) is 4.26. The quantitative estimate of drug-likeness (QED) is 0.836. The Morgan fingerprint density at radius 3 is 2.70 bits per heavy atom. The van der Waals surface area contributed by atoms with E-state index >= 15 is 0 Å². The molecule has 0 saturated heterocycles. The summed E-state index contributed by atoms with van der Waals surface area (Å²) in [4.78, 5) is 22.5. The fourth-order valence-electron chi connectivity index (χ4n) is 3.05. The minimum absolute atomic E-state index is 0.234. The van der Waals surface area contributed by atoms with E-state index in [9.17, 15) is 9.90 Å². The van der Waals surface area contributed by atoms with Crippen molar-refractivity contribution in [1.29, 1.82) is 0 Å². The summed E-state index contributed by atoms with van der Waals surface area (Å²) in [5.74, 6) is 0.916. The highest BCUT2D eigenvalue weighted by Gasteiger charge is 2.22. The maximum atomic E-state index is 11.8. The molecule has 0 radical (unpaired) electrons. The second kappa shape index (κ2) is 6.88. The number of rotatable bonds is 2. The predicted octanol–water partition coefficient (Wildman–Crippen LogP) is 3.68. The number of phenols is 1. The molecule has 0 spiro atoms. The van der Waals surface area contributed by atoms with E-state index in [4.69, 9.17) is 0 Å². The topological polar surface area (TPSA) is 65.3 Å². The molecule has 27 heavy (non-hydrogen) atoms. The smallest absolute Gasteiger partial charge is 0.271 e. The third-order valence-corrected chi connectivity index (χ3v) is 4.41. The van der Waals surface area contributed by atoms with Crippen molar-refractivity contribution in [3.05, 3.63) is 96.2 Å². The van der Waals surface area contributed by atoms with Crippen LogP contribution in [0.4, 0.5) is 0 Å². The van der Waals surface area contributed by atoms with Crippen LogP contribution in [0.3, 0.4) is 0 Å². The van der Waals surface area contributed by atoms with Crippen LogP contribution in [-0.2, 0) is 11.3 Å². The molecule has 5 heteroatoms. The minimum Gasteiger partial charge on any atom is -0.508 e. The normalized spacial score (nSPS) is 16.7. The van der Waals surface area contributed by atoms with Crippen LogP contribution in [0.5, 0.6) is 5.75 Å². The first-order chi connectivity index (χ1) is 13.1. The van der Waals surface area contributed by atoms with Gasteiger partial charge in [0.05, 0.1) is 0 Å². The lowest BCUT2D eigenvalue weighted by Gasteiger charge is -2.23. The van der Waals surface area contributed by atoms with Gasteiger partial charge in [-0.1, -0.05) is 43.0 Å². The first kappa shape index (κ1) is 16.7. The lowest BCUT2D eigenvalue weighted by atomic mass is 10.0. The monoisotopic (exact) mass is 355 g/mol. The van der Waals surface area contributed by atoms with Crippen LogP contribution in [0, 0.1) is 0 Å². The second-order valence-electron chi connectivity index (χ2n) is 6.20. The molecule has 5 nitrogen and oxygen atoms in total. The Hall–Kier alpha value is -3.73. The van der Waals surface area contributed by atoms with Gasteiger partial charge in [0.2, 0.25) is 0 Å². The number of nitrogens with zero attached hydrogens (tertiary/aromatic N) is 3. The number of amidine groups is 2. The summed E-state index contributed by atoms with van der Waals surface area (Å²) in [7, 11) is 0. The Bertz CT molecular complexity index is 1040. The molecular weight excluding hydrogens is 338 g/mol. The van der Waals surface area contributed by atoms with Crippen LogP contribution in [0.15, 0.2) is 89.5 Å². The number of fused-ring (bicyclic) bond motifs is 2. The maximum absolute atomic E-state index is 11.8.